The number of anilines is 1. The van der Waals surface area contributed by atoms with Crippen LogP contribution in [0.1, 0.15) is 53.4 Å². The predicted octanol–water partition coefficient (Wildman–Crippen LogP) is 2.92. The summed E-state index contributed by atoms with van der Waals surface area (Å²) >= 11 is 0. The lowest BCUT2D eigenvalue weighted by Crippen LogP contribution is -2.30. The van der Waals surface area contributed by atoms with E-state index in [9.17, 15) is 4.79 Å². The highest BCUT2D eigenvalue weighted by atomic mass is 35.5. The van der Waals surface area contributed by atoms with Gasteiger partial charge in [0.05, 0.1) is 6.04 Å². The molecule has 0 radical (unpaired) electrons. The zero-order chi connectivity index (χ0) is 15.8. The second-order valence-electron chi connectivity index (χ2n) is 6.29. The van der Waals surface area contributed by atoms with Crippen molar-refractivity contribution in [3.05, 3.63) is 41.0 Å². The van der Waals surface area contributed by atoms with Crippen LogP contribution in [0, 0.1) is 0 Å². The van der Waals surface area contributed by atoms with Gasteiger partial charge in [0.1, 0.15) is 5.82 Å². The molecule has 2 aliphatic heterocycles. The van der Waals surface area contributed by atoms with Crippen molar-refractivity contribution in [2.45, 2.75) is 45.2 Å². The molecule has 1 aromatic heterocycles. The van der Waals surface area contributed by atoms with E-state index >= 15 is 0 Å². The molecule has 1 amide bonds. The van der Waals surface area contributed by atoms with Gasteiger partial charge in [-0.3, -0.25) is 4.79 Å². The van der Waals surface area contributed by atoms with Crippen molar-refractivity contribution in [2.24, 2.45) is 0 Å². The minimum atomic E-state index is -0.144. The van der Waals surface area contributed by atoms with Crippen molar-refractivity contribution >= 4 is 36.4 Å². The second-order valence-corrected chi connectivity index (χ2v) is 6.29. The van der Waals surface area contributed by atoms with Gasteiger partial charge in [0.2, 0.25) is 0 Å². The van der Waals surface area contributed by atoms with Gasteiger partial charge in [-0.25, -0.2) is 0 Å². The van der Waals surface area contributed by atoms with Crippen LogP contribution in [-0.4, -0.2) is 27.2 Å². The molecule has 1 aromatic carbocycles. The van der Waals surface area contributed by atoms with E-state index in [1.54, 1.807) is 0 Å². The first-order chi connectivity index (χ1) is 11.2. The second kappa shape index (κ2) is 8.06. The van der Waals surface area contributed by atoms with E-state index in [1.165, 1.54) is 0 Å². The van der Waals surface area contributed by atoms with Crippen LogP contribution >= 0.6 is 24.8 Å². The molecule has 0 saturated carbocycles. The Morgan fingerprint density at radius 2 is 2.08 bits per heavy atom. The number of hydrogen-bond donors (Lipinski definition) is 2. The maximum Gasteiger partial charge on any atom is 0.252 e. The molecule has 0 aliphatic carbocycles. The lowest BCUT2D eigenvalue weighted by atomic mass is 9.97. The Labute approximate surface area is 159 Å². The zero-order valence-electron chi connectivity index (χ0n) is 14.1. The topological polar surface area (TPSA) is 71.8 Å². The third-order valence-electron chi connectivity index (χ3n) is 4.71. The SMILES string of the molecule is CC(NC(=O)c1cccc2c1CCCN2)c1nnc2n1CCC2.Cl.Cl. The Balaban J connectivity index is 0.00000113. The number of carbonyl (C=O) groups excluding carboxylic acids is 1. The molecule has 1 unspecified atom stereocenters. The number of halogens is 2. The molecule has 2 aromatic rings. The van der Waals surface area contributed by atoms with E-state index in [4.69, 9.17) is 0 Å². The molecule has 0 bridgehead atoms. The highest BCUT2D eigenvalue weighted by molar-refractivity contribution is 5.97. The van der Waals surface area contributed by atoms with Crippen LogP contribution < -0.4 is 10.6 Å². The fourth-order valence-electron chi connectivity index (χ4n) is 3.56. The average Bonchev–Trinajstić information content (AvgIpc) is 3.17. The molecule has 1 atom stereocenters. The molecule has 8 heteroatoms. The molecule has 2 aliphatic rings. The number of aromatic nitrogens is 3. The molecule has 6 nitrogen and oxygen atoms in total. The maximum atomic E-state index is 12.7. The van der Waals surface area contributed by atoms with Gasteiger partial charge >= 0.3 is 0 Å². The Kier molecular flexibility index (Phi) is 6.30. The van der Waals surface area contributed by atoms with Crippen LogP contribution in [-0.2, 0) is 19.4 Å². The van der Waals surface area contributed by atoms with Crippen LogP contribution in [0.25, 0.3) is 0 Å². The standard InChI is InChI=1S/C17H21N5O.2ClH/c1-11(16-21-20-15-8-4-10-22(15)16)19-17(23)13-5-2-7-14-12(13)6-3-9-18-14;;/h2,5,7,11,18H,3-4,6,8-10H2,1H3,(H,19,23);2*1H. The van der Waals surface area contributed by atoms with Crippen LogP contribution in [0.3, 0.4) is 0 Å². The number of carbonyl (C=O) groups is 1. The smallest absolute Gasteiger partial charge is 0.252 e. The monoisotopic (exact) mass is 383 g/mol. The van der Waals surface area contributed by atoms with Crippen LogP contribution in [0.15, 0.2) is 18.2 Å². The van der Waals surface area contributed by atoms with Crippen LogP contribution in [0.4, 0.5) is 5.69 Å². The highest BCUT2D eigenvalue weighted by Crippen LogP contribution is 2.26. The molecule has 4 rings (SSSR count). The summed E-state index contributed by atoms with van der Waals surface area (Å²) in [5, 5.41) is 14.9. The first-order valence-corrected chi connectivity index (χ1v) is 8.32. The van der Waals surface area contributed by atoms with Crippen molar-refractivity contribution in [3.63, 3.8) is 0 Å². The summed E-state index contributed by atoms with van der Waals surface area (Å²) in [6, 6.07) is 5.74. The van der Waals surface area contributed by atoms with Gasteiger partial charge in [-0.1, -0.05) is 6.07 Å². The summed E-state index contributed by atoms with van der Waals surface area (Å²) in [5.41, 5.74) is 2.97. The van der Waals surface area contributed by atoms with Gasteiger partial charge in [-0.2, -0.15) is 0 Å². The largest absolute Gasteiger partial charge is 0.385 e. The van der Waals surface area contributed by atoms with Crippen molar-refractivity contribution in [3.8, 4) is 0 Å². The number of amides is 1. The molecule has 2 N–H and O–H groups in total. The van der Waals surface area contributed by atoms with Crippen LogP contribution in [0.2, 0.25) is 0 Å². The Morgan fingerprint density at radius 3 is 2.92 bits per heavy atom. The zero-order valence-corrected chi connectivity index (χ0v) is 15.8. The van der Waals surface area contributed by atoms with Gasteiger partial charge < -0.3 is 15.2 Å². The lowest BCUT2D eigenvalue weighted by Gasteiger charge is -2.21. The summed E-state index contributed by atoms with van der Waals surface area (Å²) in [4.78, 5) is 12.7. The highest BCUT2D eigenvalue weighted by Gasteiger charge is 2.24. The van der Waals surface area contributed by atoms with E-state index in [-0.39, 0.29) is 36.8 Å². The number of rotatable bonds is 3. The summed E-state index contributed by atoms with van der Waals surface area (Å²) in [6.07, 6.45) is 4.09. The van der Waals surface area contributed by atoms with Gasteiger partial charge in [0.15, 0.2) is 5.82 Å². The number of hydrogen-bond acceptors (Lipinski definition) is 4. The lowest BCUT2D eigenvalue weighted by molar-refractivity contribution is 0.0936. The quantitative estimate of drug-likeness (QED) is 0.854. The summed E-state index contributed by atoms with van der Waals surface area (Å²) in [5.74, 6) is 1.85. The Morgan fingerprint density at radius 1 is 1.24 bits per heavy atom. The average molecular weight is 384 g/mol. The minimum absolute atomic E-state index is 0. The molecule has 0 spiro atoms. The number of aryl methyl sites for hydroxylation is 1. The van der Waals surface area contributed by atoms with Crippen molar-refractivity contribution in [2.75, 3.05) is 11.9 Å². The number of benzene rings is 1. The first-order valence-electron chi connectivity index (χ1n) is 8.32. The van der Waals surface area contributed by atoms with Gasteiger partial charge in [0.25, 0.3) is 5.91 Å². The molecule has 0 saturated heterocycles. The van der Waals surface area contributed by atoms with E-state index in [2.05, 4.69) is 25.4 Å². The molecular weight excluding hydrogens is 361 g/mol. The predicted molar refractivity (Wildman–Crippen MR) is 102 cm³/mol. The molecule has 136 valence electrons. The normalized spacial score (nSPS) is 15.7. The fraction of sp³-hybridized carbons (Fsp3) is 0.471. The van der Waals surface area contributed by atoms with Crippen LogP contribution in [0.5, 0.6) is 0 Å². The summed E-state index contributed by atoms with van der Waals surface area (Å²) < 4.78 is 2.13. The molecule has 25 heavy (non-hydrogen) atoms. The van der Waals surface area contributed by atoms with E-state index in [1.807, 2.05) is 25.1 Å². The first kappa shape index (κ1) is 19.5. The molecule has 3 heterocycles. The number of nitrogens with zero attached hydrogens (tertiary/aromatic N) is 3. The van der Waals surface area contributed by atoms with Gasteiger partial charge in [-0.05, 0) is 43.9 Å². The third-order valence-corrected chi connectivity index (χ3v) is 4.71. The summed E-state index contributed by atoms with van der Waals surface area (Å²) in [6.45, 7) is 3.89. The van der Waals surface area contributed by atoms with Crippen molar-refractivity contribution in [1.29, 1.82) is 0 Å². The van der Waals surface area contributed by atoms with Crippen molar-refractivity contribution in [1.82, 2.24) is 20.1 Å². The third kappa shape index (κ3) is 3.60. The number of fused-ring (bicyclic) bond motifs is 2. The molecular formula is C17H23Cl2N5O. The van der Waals surface area contributed by atoms with E-state index in [0.717, 1.165) is 67.2 Å². The number of nitrogens with one attached hydrogen (secondary N) is 2. The molecule has 0 fully saturated rings. The van der Waals surface area contributed by atoms with Crippen molar-refractivity contribution < 1.29 is 4.79 Å². The van der Waals surface area contributed by atoms with Gasteiger partial charge in [-0.15, -0.1) is 35.0 Å². The maximum absolute atomic E-state index is 12.7. The Bertz CT molecular complexity index is 761. The van der Waals surface area contributed by atoms with E-state index < -0.39 is 0 Å². The minimum Gasteiger partial charge on any atom is -0.385 e. The fourth-order valence-corrected chi connectivity index (χ4v) is 3.56. The van der Waals surface area contributed by atoms with E-state index in [0.29, 0.717) is 0 Å². The van der Waals surface area contributed by atoms with Gasteiger partial charge in [0, 0.05) is 30.8 Å². The Hall–Kier alpha value is -1.79. The summed E-state index contributed by atoms with van der Waals surface area (Å²) in [7, 11) is 0.